The Balaban J connectivity index is 1.46. The van der Waals surface area contributed by atoms with E-state index < -0.39 is 17.5 Å². The van der Waals surface area contributed by atoms with Crippen LogP contribution in [0.3, 0.4) is 0 Å². The number of carbonyl (C=O) groups is 1. The van der Waals surface area contributed by atoms with Crippen molar-refractivity contribution in [3.05, 3.63) is 76.7 Å². The zero-order valence-corrected chi connectivity index (χ0v) is 14.9. The fourth-order valence-corrected chi connectivity index (χ4v) is 2.83. The third-order valence-electron chi connectivity index (χ3n) is 4.24. The number of nitrogens with one attached hydrogen (secondary N) is 1. The van der Waals surface area contributed by atoms with E-state index in [1.165, 1.54) is 24.3 Å². The summed E-state index contributed by atoms with van der Waals surface area (Å²) in [5.74, 6) is -0.985. The zero-order chi connectivity index (χ0) is 19.7. The summed E-state index contributed by atoms with van der Waals surface area (Å²) in [6.07, 6.45) is 0. The molecule has 1 atom stereocenters. The van der Waals surface area contributed by atoms with E-state index in [4.69, 9.17) is 8.83 Å². The van der Waals surface area contributed by atoms with Gasteiger partial charge in [0.2, 0.25) is 11.8 Å². The average molecular weight is 381 g/mol. The van der Waals surface area contributed by atoms with Crippen molar-refractivity contribution >= 4 is 16.9 Å². The molecule has 0 radical (unpaired) electrons. The third kappa shape index (κ3) is 3.57. The highest BCUT2D eigenvalue weighted by atomic mass is 19.1. The minimum Gasteiger partial charge on any atom is -0.459 e. The molecule has 0 aliphatic rings. The van der Waals surface area contributed by atoms with Gasteiger partial charge in [0.25, 0.3) is 0 Å². The van der Waals surface area contributed by atoms with E-state index >= 15 is 0 Å². The van der Waals surface area contributed by atoms with Gasteiger partial charge in [-0.3, -0.25) is 4.79 Å². The van der Waals surface area contributed by atoms with Crippen LogP contribution in [0, 0.1) is 5.82 Å². The predicted octanol–water partition coefficient (Wildman–Crippen LogP) is 3.27. The van der Waals surface area contributed by atoms with Gasteiger partial charge in [0.05, 0.1) is 6.04 Å². The maximum Gasteiger partial charge on any atom is 0.437 e. The number of carbonyl (C=O) groups excluding carboxylic acids is 1. The molecule has 8 heteroatoms. The van der Waals surface area contributed by atoms with Gasteiger partial charge < -0.3 is 14.2 Å². The lowest BCUT2D eigenvalue weighted by Crippen LogP contribution is -2.33. The summed E-state index contributed by atoms with van der Waals surface area (Å²) >= 11 is 0. The lowest BCUT2D eigenvalue weighted by molar-refractivity contribution is -0.122. The average Bonchev–Trinajstić information content (AvgIpc) is 3.26. The van der Waals surface area contributed by atoms with Gasteiger partial charge in [0.1, 0.15) is 23.7 Å². The Hall–Kier alpha value is -3.68. The first-order valence-electron chi connectivity index (χ1n) is 8.61. The number of amides is 1. The second-order valence-electron chi connectivity index (χ2n) is 6.31. The van der Waals surface area contributed by atoms with Gasteiger partial charge in [-0.25, -0.2) is 9.18 Å². The Morgan fingerprint density at radius 1 is 1.18 bits per heavy atom. The first-order chi connectivity index (χ1) is 13.5. The van der Waals surface area contributed by atoms with Gasteiger partial charge in [-0.1, -0.05) is 18.2 Å². The minimum absolute atomic E-state index is 0.0168. The molecule has 28 heavy (non-hydrogen) atoms. The van der Waals surface area contributed by atoms with Crippen LogP contribution < -0.4 is 11.1 Å². The molecule has 1 N–H and O–H groups in total. The monoisotopic (exact) mass is 381 g/mol. The van der Waals surface area contributed by atoms with Crippen molar-refractivity contribution in [1.29, 1.82) is 0 Å². The molecule has 4 rings (SSSR count). The first kappa shape index (κ1) is 17.7. The highest BCUT2D eigenvalue weighted by molar-refractivity contribution is 5.79. The van der Waals surface area contributed by atoms with Crippen molar-refractivity contribution < 1.29 is 18.0 Å². The lowest BCUT2D eigenvalue weighted by Gasteiger charge is -2.10. The molecule has 0 aliphatic carbocycles. The van der Waals surface area contributed by atoms with Crippen LogP contribution in [0.25, 0.3) is 22.4 Å². The second-order valence-corrected chi connectivity index (χ2v) is 6.31. The van der Waals surface area contributed by atoms with Crippen molar-refractivity contribution in [2.45, 2.75) is 19.5 Å². The van der Waals surface area contributed by atoms with Crippen LogP contribution in [-0.4, -0.2) is 15.7 Å². The van der Waals surface area contributed by atoms with Crippen LogP contribution in [0.5, 0.6) is 0 Å². The van der Waals surface area contributed by atoms with Crippen molar-refractivity contribution in [3.63, 3.8) is 0 Å². The Kier molecular flexibility index (Phi) is 4.52. The number of aromatic nitrogens is 2. The van der Waals surface area contributed by atoms with Gasteiger partial charge in [-0.2, -0.15) is 4.68 Å². The van der Waals surface area contributed by atoms with Crippen LogP contribution in [0.15, 0.2) is 68.2 Å². The predicted molar refractivity (Wildman–Crippen MR) is 98.9 cm³/mol. The fraction of sp³-hybridized carbons (Fsp3) is 0.150. The molecular formula is C20H16FN3O4. The molecule has 0 aliphatic heterocycles. The second kappa shape index (κ2) is 7.15. The summed E-state index contributed by atoms with van der Waals surface area (Å²) in [5.41, 5.74) is 1.17. The van der Waals surface area contributed by atoms with Crippen molar-refractivity contribution in [3.8, 4) is 11.5 Å². The first-order valence-corrected chi connectivity index (χ1v) is 8.61. The number of halogens is 1. The highest BCUT2D eigenvalue weighted by Gasteiger charge is 2.17. The van der Waals surface area contributed by atoms with Gasteiger partial charge in [-0.15, -0.1) is 5.10 Å². The summed E-state index contributed by atoms with van der Waals surface area (Å²) in [6, 6.07) is 14.3. The smallest absolute Gasteiger partial charge is 0.437 e. The maximum absolute atomic E-state index is 13.0. The zero-order valence-electron chi connectivity index (χ0n) is 14.9. The Morgan fingerprint density at radius 3 is 2.68 bits per heavy atom. The normalized spacial score (nSPS) is 12.2. The Bertz CT molecular complexity index is 1160. The van der Waals surface area contributed by atoms with Crippen LogP contribution in [0.1, 0.15) is 18.7 Å². The highest BCUT2D eigenvalue weighted by Crippen LogP contribution is 2.23. The molecule has 0 unspecified atom stereocenters. The quantitative estimate of drug-likeness (QED) is 0.573. The molecule has 4 aromatic rings. The summed E-state index contributed by atoms with van der Waals surface area (Å²) in [4.78, 5) is 24.3. The molecule has 0 saturated heterocycles. The Labute approximate surface area is 158 Å². The topological polar surface area (TPSA) is 90.3 Å². The maximum atomic E-state index is 13.0. The van der Waals surface area contributed by atoms with E-state index in [0.717, 1.165) is 15.7 Å². The van der Waals surface area contributed by atoms with Crippen LogP contribution in [-0.2, 0) is 11.3 Å². The number of rotatable bonds is 5. The minimum atomic E-state index is -0.772. The molecular weight excluding hydrogens is 365 g/mol. The number of nitrogens with zero attached hydrogens (tertiary/aromatic N) is 2. The standard InChI is InChI=1S/C20H16FN3O4/c1-12(17-10-14-4-2-3-5-16(14)27-17)22-18(25)11-24-20(26)28-19(23-24)13-6-8-15(21)9-7-13/h2-10,12H,11H2,1H3,(H,22,25)/t12-/m1/s1. The number of fused-ring (bicyclic) bond motifs is 1. The molecule has 1 amide bonds. The number of benzene rings is 2. The molecule has 0 saturated carbocycles. The fourth-order valence-electron chi connectivity index (χ4n) is 2.83. The van der Waals surface area contributed by atoms with E-state index in [1.54, 1.807) is 6.92 Å². The van der Waals surface area contributed by atoms with E-state index in [0.29, 0.717) is 11.3 Å². The van der Waals surface area contributed by atoms with Gasteiger partial charge in [-0.05, 0) is 43.3 Å². The number of furan rings is 1. The van der Waals surface area contributed by atoms with Gasteiger partial charge in [0.15, 0.2) is 0 Å². The van der Waals surface area contributed by atoms with Gasteiger partial charge in [0, 0.05) is 10.9 Å². The summed E-state index contributed by atoms with van der Waals surface area (Å²) in [5, 5.41) is 7.70. The van der Waals surface area contributed by atoms with Gasteiger partial charge >= 0.3 is 5.76 Å². The van der Waals surface area contributed by atoms with Crippen molar-refractivity contribution in [2.24, 2.45) is 0 Å². The molecule has 2 aromatic heterocycles. The molecule has 0 bridgehead atoms. The largest absolute Gasteiger partial charge is 0.459 e. The molecule has 0 fully saturated rings. The third-order valence-corrected chi connectivity index (χ3v) is 4.24. The summed E-state index contributed by atoms with van der Waals surface area (Å²) in [6.45, 7) is 1.47. The van der Waals surface area contributed by atoms with E-state index in [1.807, 2.05) is 30.3 Å². The number of para-hydroxylation sites is 1. The molecule has 7 nitrogen and oxygen atoms in total. The number of hydrogen-bond acceptors (Lipinski definition) is 5. The Morgan fingerprint density at radius 2 is 1.93 bits per heavy atom. The van der Waals surface area contributed by atoms with E-state index in [2.05, 4.69) is 10.4 Å². The summed E-state index contributed by atoms with van der Waals surface area (Å²) < 4.78 is 24.7. The van der Waals surface area contributed by atoms with Crippen molar-refractivity contribution in [1.82, 2.24) is 15.1 Å². The van der Waals surface area contributed by atoms with Crippen molar-refractivity contribution in [2.75, 3.05) is 0 Å². The van der Waals surface area contributed by atoms with E-state index in [-0.39, 0.29) is 18.5 Å². The van der Waals surface area contributed by atoms with E-state index in [9.17, 15) is 14.0 Å². The molecule has 0 spiro atoms. The summed E-state index contributed by atoms with van der Waals surface area (Å²) in [7, 11) is 0. The molecule has 2 aromatic carbocycles. The molecule has 142 valence electrons. The SMILES string of the molecule is C[C@@H](NC(=O)Cn1nc(-c2ccc(F)cc2)oc1=O)c1cc2ccccc2o1. The van der Waals surface area contributed by atoms with Crippen LogP contribution >= 0.6 is 0 Å². The molecule has 2 heterocycles. The van der Waals surface area contributed by atoms with Crippen LogP contribution in [0.2, 0.25) is 0 Å². The lowest BCUT2D eigenvalue weighted by atomic mass is 10.2. The number of hydrogen-bond donors (Lipinski definition) is 1. The van der Waals surface area contributed by atoms with Crippen LogP contribution in [0.4, 0.5) is 4.39 Å².